The molecule has 0 fully saturated rings. The van der Waals surface area contributed by atoms with Gasteiger partial charge in [-0.15, -0.1) is 0 Å². The molecule has 2 aromatic rings. The van der Waals surface area contributed by atoms with Gasteiger partial charge in [0.25, 0.3) is 5.91 Å². The fraction of sp³-hybridized carbons (Fsp3) is 0.222. The molecule has 6 heteroatoms. The average molecular weight is 390 g/mol. The van der Waals surface area contributed by atoms with Crippen LogP contribution in [0.2, 0.25) is 0 Å². The number of rotatable bonds is 3. The molecule has 0 N–H and O–H groups in total. The Kier molecular flexibility index (Phi) is 5.25. The zero-order valence-electron chi connectivity index (χ0n) is 13.9. The summed E-state index contributed by atoms with van der Waals surface area (Å²) in [5.74, 6) is -0.719. The molecule has 0 spiro atoms. The predicted octanol–water partition coefficient (Wildman–Crippen LogP) is 3.99. The number of amides is 1. The summed E-state index contributed by atoms with van der Waals surface area (Å²) in [5.41, 5.74) is 2.74. The second-order valence-corrected chi connectivity index (χ2v) is 6.54. The van der Waals surface area contributed by atoms with Crippen LogP contribution in [0.3, 0.4) is 0 Å². The highest BCUT2D eigenvalue weighted by Gasteiger charge is 2.16. The largest absolute Gasteiger partial charge is 0.344 e. The molecule has 1 heterocycles. The molecule has 0 saturated carbocycles. The number of hydrogen-bond acceptors (Lipinski definition) is 2. The van der Waals surface area contributed by atoms with E-state index in [-0.39, 0.29) is 17.3 Å². The van der Waals surface area contributed by atoms with Gasteiger partial charge in [-0.1, -0.05) is 15.9 Å². The maximum absolute atomic E-state index is 14.3. The Morgan fingerprint density at radius 3 is 2.54 bits per heavy atom. The van der Waals surface area contributed by atoms with Crippen molar-refractivity contribution in [3.8, 4) is 11.8 Å². The quantitative estimate of drug-likeness (QED) is 0.588. The van der Waals surface area contributed by atoms with Crippen molar-refractivity contribution in [3.63, 3.8) is 0 Å². The third-order valence-corrected chi connectivity index (χ3v) is 4.17. The van der Waals surface area contributed by atoms with Crippen LogP contribution in [0.15, 0.2) is 34.3 Å². The van der Waals surface area contributed by atoms with Gasteiger partial charge in [0.1, 0.15) is 17.5 Å². The summed E-state index contributed by atoms with van der Waals surface area (Å²) in [4.78, 5) is 13.4. The second kappa shape index (κ2) is 7.02. The number of halogens is 2. The first-order valence-electron chi connectivity index (χ1n) is 7.24. The lowest BCUT2D eigenvalue weighted by atomic mass is 10.1. The number of benzene rings is 1. The molecule has 1 aromatic heterocycles. The minimum Gasteiger partial charge on any atom is -0.344 e. The van der Waals surface area contributed by atoms with Crippen LogP contribution in [-0.4, -0.2) is 29.5 Å². The summed E-state index contributed by atoms with van der Waals surface area (Å²) in [6, 6.07) is 8.61. The molecular formula is C18H17BrFN3O. The second-order valence-electron chi connectivity index (χ2n) is 5.63. The number of carbonyl (C=O) groups excluding carboxylic acids is 1. The van der Waals surface area contributed by atoms with Crippen LogP contribution in [-0.2, 0) is 4.79 Å². The number of aromatic nitrogens is 1. The van der Waals surface area contributed by atoms with Gasteiger partial charge >= 0.3 is 0 Å². The molecule has 2 rings (SSSR count). The molecule has 0 bridgehead atoms. The van der Waals surface area contributed by atoms with Crippen molar-refractivity contribution in [2.24, 2.45) is 0 Å². The summed E-state index contributed by atoms with van der Waals surface area (Å²) >= 11 is 3.25. The summed E-state index contributed by atoms with van der Waals surface area (Å²) in [7, 11) is 3.18. The molecule has 4 nitrogen and oxygen atoms in total. The third kappa shape index (κ3) is 3.41. The molecule has 124 valence electrons. The van der Waals surface area contributed by atoms with Gasteiger partial charge in [-0.05, 0) is 49.8 Å². The number of nitrogens with zero attached hydrogens (tertiary/aromatic N) is 3. The van der Waals surface area contributed by atoms with E-state index in [0.717, 1.165) is 11.4 Å². The summed E-state index contributed by atoms with van der Waals surface area (Å²) in [5, 5.41) is 9.23. The van der Waals surface area contributed by atoms with Gasteiger partial charge in [0.15, 0.2) is 0 Å². The molecule has 0 atom stereocenters. The van der Waals surface area contributed by atoms with Gasteiger partial charge in [-0.25, -0.2) is 4.39 Å². The minimum atomic E-state index is -0.364. The van der Waals surface area contributed by atoms with Crippen molar-refractivity contribution in [2.45, 2.75) is 13.8 Å². The Balaban J connectivity index is 2.58. The standard InChI is InChI=1S/C18H17BrFN3O/c1-11-7-13(8-14(10-21)18(24)22(3)4)12(2)23(11)17-6-5-15(19)9-16(17)20/h5-9H,1-4H3/b14-8-. The highest BCUT2D eigenvalue weighted by Crippen LogP contribution is 2.26. The number of carbonyl (C=O) groups is 1. The van der Waals surface area contributed by atoms with E-state index >= 15 is 0 Å². The molecule has 0 aliphatic carbocycles. The molecule has 24 heavy (non-hydrogen) atoms. The van der Waals surface area contributed by atoms with E-state index in [2.05, 4.69) is 15.9 Å². The van der Waals surface area contributed by atoms with E-state index < -0.39 is 0 Å². The molecular weight excluding hydrogens is 373 g/mol. The van der Waals surface area contributed by atoms with E-state index in [0.29, 0.717) is 15.7 Å². The fourth-order valence-corrected chi connectivity index (χ4v) is 2.84. The highest BCUT2D eigenvalue weighted by atomic mass is 79.9. The average Bonchev–Trinajstić information content (AvgIpc) is 2.79. The van der Waals surface area contributed by atoms with Crippen LogP contribution in [0.1, 0.15) is 17.0 Å². The van der Waals surface area contributed by atoms with Crippen LogP contribution in [0, 0.1) is 31.0 Å². The van der Waals surface area contributed by atoms with Crippen LogP contribution >= 0.6 is 15.9 Å². The van der Waals surface area contributed by atoms with Crippen molar-refractivity contribution in [2.75, 3.05) is 14.1 Å². The topological polar surface area (TPSA) is 49.0 Å². The predicted molar refractivity (Wildman–Crippen MR) is 95.2 cm³/mol. The Morgan fingerprint density at radius 1 is 1.33 bits per heavy atom. The van der Waals surface area contributed by atoms with Crippen LogP contribution in [0.5, 0.6) is 0 Å². The molecule has 0 unspecified atom stereocenters. The molecule has 0 aliphatic rings. The van der Waals surface area contributed by atoms with E-state index in [4.69, 9.17) is 0 Å². The van der Waals surface area contributed by atoms with Gasteiger partial charge < -0.3 is 9.47 Å². The van der Waals surface area contributed by atoms with E-state index in [1.807, 2.05) is 26.0 Å². The number of aryl methyl sites for hydroxylation is 1. The summed E-state index contributed by atoms with van der Waals surface area (Å²) < 4.78 is 16.7. The Morgan fingerprint density at radius 2 is 2.00 bits per heavy atom. The van der Waals surface area contributed by atoms with Crippen LogP contribution in [0.4, 0.5) is 4.39 Å². The van der Waals surface area contributed by atoms with Crippen LogP contribution < -0.4 is 0 Å². The van der Waals surface area contributed by atoms with E-state index in [9.17, 15) is 14.4 Å². The Bertz CT molecular complexity index is 875. The Labute approximate surface area is 148 Å². The van der Waals surface area contributed by atoms with E-state index in [1.54, 1.807) is 30.8 Å². The lowest BCUT2D eigenvalue weighted by Gasteiger charge is -2.11. The van der Waals surface area contributed by atoms with Crippen molar-refractivity contribution in [3.05, 3.63) is 57.1 Å². The van der Waals surface area contributed by atoms with Gasteiger partial charge in [0.2, 0.25) is 0 Å². The molecule has 0 saturated heterocycles. The smallest absolute Gasteiger partial charge is 0.264 e. The van der Waals surface area contributed by atoms with Gasteiger partial charge in [-0.3, -0.25) is 4.79 Å². The summed E-state index contributed by atoms with van der Waals surface area (Å²) in [6.07, 6.45) is 1.54. The maximum atomic E-state index is 14.3. The van der Waals surface area contributed by atoms with Gasteiger partial charge in [-0.2, -0.15) is 5.26 Å². The molecule has 1 amide bonds. The fourth-order valence-electron chi connectivity index (χ4n) is 2.51. The number of nitriles is 1. The zero-order chi connectivity index (χ0) is 18.0. The first-order valence-corrected chi connectivity index (χ1v) is 8.03. The van der Waals surface area contributed by atoms with Gasteiger partial charge in [0.05, 0.1) is 5.69 Å². The molecule has 0 aliphatic heterocycles. The number of hydrogen-bond donors (Lipinski definition) is 0. The van der Waals surface area contributed by atoms with Crippen molar-refractivity contribution in [1.82, 2.24) is 9.47 Å². The SMILES string of the molecule is Cc1cc(/C=C(/C#N)C(=O)N(C)C)c(C)n1-c1ccc(Br)cc1F. The highest BCUT2D eigenvalue weighted by molar-refractivity contribution is 9.10. The Hall–Kier alpha value is -2.39. The normalized spacial score (nSPS) is 11.3. The summed E-state index contributed by atoms with van der Waals surface area (Å²) in [6.45, 7) is 3.68. The minimum absolute atomic E-state index is 0.0385. The molecule has 0 radical (unpaired) electrons. The third-order valence-electron chi connectivity index (χ3n) is 3.68. The number of likely N-dealkylation sites (N-methyl/N-ethyl adjacent to an activating group) is 1. The van der Waals surface area contributed by atoms with Crippen molar-refractivity contribution in [1.29, 1.82) is 5.26 Å². The monoisotopic (exact) mass is 389 g/mol. The first kappa shape index (κ1) is 18.0. The van der Waals surface area contributed by atoms with Crippen molar-refractivity contribution >= 4 is 27.9 Å². The van der Waals surface area contributed by atoms with Crippen LogP contribution in [0.25, 0.3) is 11.8 Å². The van der Waals surface area contributed by atoms with E-state index in [1.165, 1.54) is 17.0 Å². The maximum Gasteiger partial charge on any atom is 0.264 e. The first-order chi connectivity index (χ1) is 11.3. The lowest BCUT2D eigenvalue weighted by molar-refractivity contribution is -0.124. The lowest BCUT2D eigenvalue weighted by Crippen LogP contribution is -2.22. The zero-order valence-corrected chi connectivity index (χ0v) is 15.5. The van der Waals surface area contributed by atoms with Crippen molar-refractivity contribution < 1.29 is 9.18 Å². The van der Waals surface area contributed by atoms with Gasteiger partial charge in [0, 0.05) is 30.0 Å². The molecule has 1 aromatic carbocycles.